The molecule has 1 amide bonds. The molecule has 0 aliphatic carbocycles. The molecular weight excluding hydrogens is 296 g/mol. The Morgan fingerprint density at radius 3 is 2.81 bits per heavy atom. The summed E-state index contributed by atoms with van der Waals surface area (Å²) in [7, 11) is 1.54. The van der Waals surface area contributed by atoms with Crippen molar-refractivity contribution < 1.29 is 9.72 Å². The minimum Gasteiger partial charge on any atom is -0.340 e. The van der Waals surface area contributed by atoms with Crippen LogP contribution in [0.15, 0.2) is 41.6 Å². The Hall–Kier alpha value is -2.67. The number of nitrogens with zero attached hydrogens (tertiary/aromatic N) is 3. The lowest BCUT2D eigenvalue weighted by Crippen LogP contribution is -2.20. The van der Waals surface area contributed by atoms with E-state index < -0.39 is 10.8 Å². The fraction of sp³-hybridized carbons (Fsp3) is 0.0769. The van der Waals surface area contributed by atoms with Crippen molar-refractivity contribution in [2.24, 2.45) is 12.1 Å². The van der Waals surface area contributed by atoms with Crippen molar-refractivity contribution >= 4 is 29.4 Å². The lowest BCUT2D eigenvalue weighted by molar-refractivity contribution is -0.384. The first-order valence-corrected chi connectivity index (χ1v) is 6.25. The fourth-order valence-electron chi connectivity index (χ4n) is 1.67. The first kappa shape index (κ1) is 14.7. The third-order valence-electron chi connectivity index (χ3n) is 2.71. The topological polar surface area (TPSA) is 89.5 Å². The highest BCUT2D eigenvalue weighted by Crippen LogP contribution is 2.15. The smallest absolute Gasteiger partial charge is 0.288 e. The van der Waals surface area contributed by atoms with Gasteiger partial charge >= 0.3 is 0 Å². The molecule has 0 spiro atoms. The second kappa shape index (κ2) is 6.19. The number of hydrogen-bond donors (Lipinski definition) is 1. The average molecular weight is 307 g/mol. The second-order valence-corrected chi connectivity index (χ2v) is 4.58. The van der Waals surface area contributed by atoms with Gasteiger partial charge in [-0.2, -0.15) is 5.10 Å². The standard InChI is InChI=1S/C13H11ClN4O3/c1-17-8-10(18(20)21)6-12(17)13(19)16-15-7-9-4-2-3-5-11(9)14/h2-8H,1H3,(H,16,19)/b15-7+. The number of benzene rings is 1. The van der Waals surface area contributed by atoms with Gasteiger partial charge in [0.25, 0.3) is 11.6 Å². The van der Waals surface area contributed by atoms with Crippen molar-refractivity contribution in [3.63, 3.8) is 0 Å². The summed E-state index contributed by atoms with van der Waals surface area (Å²) in [5, 5.41) is 14.9. The minimum atomic E-state index is -0.566. The maximum absolute atomic E-state index is 11.9. The molecule has 0 saturated heterocycles. The molecule has 7 nitrogen and oxygen atoms in total. The average Bonchev–Trinajstić information content (AvgIpc) is 2.83. The number of nitrogens with one attached hydrogen (secondary N) is 1. The SMILES string of the molecule is Cn1cc([N+](=O)[O-])cc1C(=O)N/N=C/c1ccccc1Cl. The first-order chi connectivity index (χ1) is 9.99. The molecule has 1 N–H and O–H groups in total. The Bertz CT molecular complexity index is 724. The Labute approximate surface area is 125 Å². The Morgan fingerprint density at radius 2 is 2.19 bits per heavy atom. The Balaban J connectivity index is 2.09. The third-order valence-corrected chi connectivity index (χ3v) is 3.05. The van der Waals surface area contributed by atoms with Crippen LogP contribution in [0.1, 0.15) is 16.1 Å². The maximum Gasteiger partial charge on any atom is 0.288 e. The normalized spacial score (nSPS) is 10.8. The number of rotatable bonds is 4. The summed E-state index contributed by atoms with van der Waals surface area (Å²) >= 11 is 5.94. The molecule has 0 aliphatic rings. The van der Waals surface area contributed by atoms with E-state index in [2.05, 4.69) is 10.5 Å². The number of carbonyl (C=O) groups excluding carboxylic acids is 1. The van der Waals surface area contributed by atoms with Gasteiger partial charge in [-0.05, 0) is 6.07 Å². The zero-order valence-electron chi connectivity index (χ0n) is 11.0. The summed E-state index contributed by atoms with van der Waals surface area (Å²) < 4.78 is 1.36. The number of aryl methyl sites for hydroxylation is 1. The summed E-state index contributed by atoms with van der Waals surface area (Å²) in [6.45, 7) is 0. The van der Waals surface area contributed by atoms with Gasteiger partial charge in [0.15, 0.2) is 0 Å². The van der Waals surface area contributed by atoms with E-state index in [0.717, 1.165) is 0 Å². The zero-order chi connectivity index (χ0) is 15.4. The largest absolute Gasteiger partial charge is 0.340 e. The van der Waals surface area contributed by atoms with Gasteiger partial charge in [-0.1, -0.05) is 29.8 Å². The molecule has 0 aliphatic heterocycles. The van der Waals surface area contributed by atoms with Crippen molar-refractivity contribution in [2.45, 2.75) is 0 Å². The molecule has 0 bridgehead atoms. The quantitative estimate of drug-likeness (QED) is 0.534. The number of amides is 1. The monoisotopic (exact) mass is 306 g/mol. The van der Waals surface area contributed by atoms with Crippen molar-refractivity contribution in [2.75, 3.05) is 0 Å². The zero-order valence-corrected chi connectivity index (χ0v) is 11.7. The van der Waals surface area contributed by atoms with Gasteiger partial charge in [-0.15, -0.1) is 0 Å². The van der Waals surface area contributed by atoms with Crippen molar-refractivity contribution in [1.29, 1.82) is 0 Å². The van der Waals surface area contributed by atoms with Gasteiger partial charge in [-0.3, -0.25) is 14.9 Å². The molecule has 0 atom stereocenters. The third kappa shape index (κ3) is 3.46. The van der Waals surface area contributed by atoms with E-state index >= 15 is 0 Å². The number of hydrazone groups is 1. The van der Waals surface area contributed by atoms with E-state index in [0.29, 0.717) is 10.6 Å². The van der Waals surface area contributed by atoms with E-state index in [9.17, 15) is 14.9 Å². The van der Waals surface area contributed by atoms with Crippen molar-refractivity contribution in [3.05, 3.63) is 62.9 Å². The number of halogens is 1. The van der Waals surface area contributed by atoms with Gasteiger partial charge in [0.05, 0.1) is 17.3 Å². The van der Waals surface area contributed by atoms with Crippen LogP contribution in [0.25, 0.3) is 0 Å². The van der Waals surface area contributed by atoms with Crippen LogP contribution in [0.5, 0.6) is 0 Å². The molecule has 0 radical (unpaired) electrons. The molecule has 1 aromatic heterocycles. The van der Waals surface area contributed by atoms with Gasteiger partial charge in [0.1, 0.15) is 5.69 Å². The first-order valence-electron chi connectivity index (χ1n) is 5.87. The van der Waals surface area contributed by atoms with E-state index in [1.807, 2.05) is 0 Å². The van der Waals surface area contributed by atoms with E-state index in [1.54, 1.807) is 31.3 Å². The van der Waals surface area contributed by atoms with Crippen molar-refractivity contribution in [1.82, 2.24) is 9.99 Å². The molecule has 2 aromatic rings. The van der Waals surface area contributed by atoms with E-state index in [1.165, 1.54) is 23.0 Å². The summed E-state index contributed by atoms with van der Waals surface area (Å²) in [5.74, 6) is -0.547. The molecule has 21 heavy (non-hydrogen) atoms. The molecule has 8 heteroatoms. The number of carbonyl (C=O) groups is 1. The number of hydrogen-bond acceptors (Lipinski definition) is 4. The second-order valence-electron chi connectivity index (χ2n) is 4.17. The van der Waals surface area contributed by atoms with E-state index in [4.69, 9.17) is 11.6 Å². The molecular formula is C13H11ClN4O3. The van der Waals surface area contributed by atoms with E-state index in [-0.39, 0.29) is 11.4 Å². The summed E-state index contributed by atoms with van der Waals surface area (Å²) in [4.78, 5) is 22.0. The van der Waals surface area contributed by atoms with Crippen LogP contribution < -0.4 is 5.43 Å². The predicted molar refractivity (Wildman–Crippen MR) is 78.6 cm³/mol. The highest BCUT2D eigenvalue weighted by atomic mass is 35.5. The molecule has 0 fully saturated rings. The highest BCUT2D eigenvalue weighted by molar-refractivity contribution is 6.33. The summed E-state index contributed by atoms with van der Waals surface area (Å²) in [6, 6.07) is 8.19. The highest BCUT2D eigenvalue weighted by Gasteiger charge is 2.16. The van der Waals surface area contributed by atoms with Crippen LogP contribution in [0, 0.1) is 10.1 Å². The van der Waals surface area contributed by atoms with Gasteiger partial charge < -0.3 is 4.57 Å². The fourth-order valence-corrected chi connectivity index (χ4v) is 1.85. The van der Waals surface area contributed by atoms with Crippen LogP contribution in [0.3, 0.4) is 0 Å². The predicted octanol–water partition coefficient (Wildman–Crippen LogP) is 2.35. The van der Waals surface area contributed by atoms with Crippen LogP contribution >= 0.6 is 11.6 Å². The molecule has 0 unspecified atom stereocenters. The van der Waals surface area contributed by atoms with Gasteiger partial charge in [-0.25, -0.2) is 5.43 Å². The molecule has 2 rings (SSSR count). The lowest BCUT2D eigenvalue weighted by Gasteiger charge is -2.00. The Kier molecular flexibility index (Phi) is 4.34. The molecule has 0 saturated carbocycles. The Morgan fingerprint density at radius 1 is 1.48 bits per heavy atom. The minimum absolute atomic E-state index is 0.137. The number of aromatic nitrogens is 1. The lowest BCUT2D eigenvalue weighted by atomic mass is 10.2. The summed E-state index contributed by atoms with van der Waals surface area (Å²) in [6.07, 6.45) is 2.66. The van der Waals surface area contributed by atoms with Crippen LogP contribution in [-0.2, 0) is 7.05 Å². The van der Waals surface area contributed by atoms with Gasteiger partial charge in [0.2, 0.25) is 0 Å². The maximum atomic E-state index is 11.9. The van der Waals surface area contributed by atoms with Crippen molar-refractivity contribution in [3.8, 4) is 0 Å². The molecule has 108 valence electrons. The summed E-state index contributed by atoms with van der Waals surface area (Å²) in [5.41, 5.74) is 2.93. The van der Waals surface area contributed by atoms with Crippen LogP contribution in [-0.4, -0.2) is 21.6 Å². The molecule has 1 heterocycles. The number of nitro groups is 1. The van der Waals surface area contributed by atoms with Gasteiger partial charge in [0, 0.05) is 23.7 Å². The molecule has 1 aromatic carbocycles. The van der Waals surface area contributed by atoms with Crippen LogP contribution in [0.2, 0.25) is 5.02 Å². The van der Waals surface area contributed by atoms with Crippen LogP contribution in [0.4, 0.5) is 5.69 Å².